The maximum atomic E-state index is 7.87. The van der Waals surface area contributed by atoms with Crippen molar-refractivity contribution >= 4 is 33.9 Å². The first-order chi connectivity index (χ1) is 12.4. The van der Waals surface area contributed by atoms with E-state index in [2.05, 4.69) is 68.2 Å². The molecule has 0 aromatic heterocycles. The maximum absolute atomic E-state index is 7.87. The quantitative estimate of drug-likeness (QED) is 0.128. The summed E-state index contributed by atoms with van der Waals surface area (Å²) in [6.07, 6.45) is 14.5. The van der Waals surface area contributed by atoms with Crippen LogP contribution in [0.1, 0.15) is 78.1 Å². The van der Waals surface area contributed by atoms with Crippen LogP contribution in [0.4, 0.5) is 0 Å². The molecule has 2 nitrogen and oxygen atoms in total. The Labute approximate surface area is 177 Å². The molecule has 0 bridgehead atoms. The second-order valence-corrected chi connectivity index (χ2v) is 20.7. The van der Waals surface area contributed by atoms with E-state index in [4.69, 9.17) is 9.79 Å². The molecule has 1 rings (SSSR count). The van der Waals surface area contributed by atoms with Crippen molar-refractivity contribution in [2.24, 2.45) is 0 Å². The van der Waals surface area contributed by atoms with Crippen LogP contribution in [0.2, 0.25) is 10.0 Å². The maximum Gasteiger partial charge on any atom is 0.239 e. The van der Waals surface area contributed by atoms with Gasteiger partial charge in [0.1, 0.15) is 0 Å². The van der Waals surface area contributed by atoms with E-state index in [1.807, 2.05) is 0 Å². The molecule has 0 radical (unpaired) electrons. The fourth-order valence-electron chi connectivity index (χ4n) is 3.56. The van der Waals surface area contributed by atoms with Gasteiger partial charge in [-0.3, -0.25) is 0 Å². The predicted molar refractivity (Wildman–Crippen MR) is 121 cm³/mol. The van der Waals surface area contributed by atoms with E-state index in [0.29, 0.717) is 0 Å². The molecule has 0 atom stereocenters. The topological polar surface area (TPSA) is 40.5 Å². The van der Waals surface area contributed by atoms with E-state index < -0.39 is 21.6 Å². The molecule has 1 aromatic rings. The van der Waals surface area contributed by atoms with Gasteiger partial charge in [0.2, 0.25) is 5.69 Å². The van der Waals surface area contributed by atoms with Crippen molar-refractivity contribution in [3.8, 4) is 0 Å². The summed E-state index contributed by atoms with van der Waals surface area (Å²) in [5.41, 5.74) is -3.11. The first-order valence-corrected chi connectivity index (χ1v) is 20.0. The van der Waals surface area contributed by atoms with Gasteiger partial charge in [-0.05, 0) is 11.8 Å². The zero-order chi connectivity index (χ0) is 19.7. The average molecular weight is 471 g/mol. The number of hydrogen-bond donors (Lipinski definition) is 3. The normalized spacial score (nSPS) is 11.0. The summed E-state index contributed by atoms with van der Waals surface area (Å²) in [6, 6.07) is 11.5. The first kappa shape index (κ1) is 26.8. The Morgan fingerprint density at radius 3 is 1.58 bits per heavy atom. The Bertz CT molecular complexity index is 446. The largest absolute Gasteiger partial charge is 0.338 e. The third-order valence-corrected chi connectivity index (χ3v) is 14.1. The molecule has 0 amide bonds. The monoisotopic (exact) mass is 469 g/mol. The van der Waals surface area contributed by atoms with Gasteiger partial charge >= 0.3 is 139 Å². The standard InChI is InChI=1S/2C7H15.C6H5.H3O2PS2.Zn/c2*1-3-5-7-6-4-2;1-2-4-6-5-3-1;1-3(2,4)5;/h2*1,3-7H2,2H3;1-5H;(H3,1,2,4,5);. The van der Waals surface area contributed by atoms with Gasteiger partial charge in [-0.1, -0.05) is 12.2 Å². The van der Waals surface area contributed by atoms with Crippen LogP contribution in [0.25, 0.3) is 0 Å². The van der Waals surface area contributed by atoms with Gasteiger partial charge in [-0.25, -0.2) is 0 Å². The Hall–Kier alpha value is 0.763. The molecule has 2 N–H and O–H groups in total. The summed E-state index contributed by atoms with van der Waals surface area (Å²) in [6.45, 7) is 4.62. The van der Waals surface area contributed by atoms with Gasteiger partial charge in [0, 0.05) is 0 Å². The number of unbranched alkanes of at least 4 members (excludes halogenated alkanes) is 8. The van der Waals surface area contributed by atoms with Crippen molar-refractivity contribution < 1.29 is 25.7 Å². The minimum atomic E-state index is -3.11. The Kier molecular flexibility index (Phi) is 18.4. The zero-order valence-corrected chi connectivity index (χ0v) is 22.3. The second-order valence-electron chi connectivity index (χ2n) is 7.39. The average Bonchev–Trinajstić information content (AvgIpc) is 2.59. The first-order valence-electron chi connectivity index (χ1n) is 10.5. The molecule has 149 valence electrons. The molecule has 1 aromatic carbocycles. The Morgan fingerprint density at radius 2 is 1.19 bits per heavy atom. The van der Waals surface area contributed by atoms with Crippen molar-refractivity contribution in [3.05, 3.63) is 30.3 Å². The Balaban J connectivity index is 0.00000110. The number of hydrogen-bond acceptors (Lipinski definition) is 1. The van der Waals surface area contributed by atoms with E-state index in [0.717, 1.165) is 0 Å². The smallest absolute Gasteiger partial charge is 0.239 e. The van der Waals surface area contributed by atoms with E-state index in [1.54, 1.807) is 14.2 Å². The molecule has 0 spiro atoms. The van der Waals surface area contributed by atoms with Crippen LogP contribution >= 0.6 is 17.9 Å². The van der Waals surface area contributed by atoms with Gasteiger partial charge in [0.05, 0.1) is 0 Å². The van der Waals surface area contributed by atoms with Gasteiger partial charge in [0.25, 0.3) is 0 Å². The minimum absolute atomic E-state index is 1.36. The summed E-state index contributed by atoms with van der Waals surface area (Å²) in [5, 5.41) is 3.20. The fraction of sp³-hybridized carbons (Fsp3) is 0.700. The zero-order valence-electron chi connectivity index (χ0n) is 16.8. The van der Waals surface area contributed by atoms with Crippen molar-refractivity contribution in [1.82, 2.24) is 0 Å². The summed E-state index contributed by atoms with van der Waals surface area (Å²) in [4.78, 5) is 15.7. The molecular weight excluding hydrogens is 433 g/mol. The van der Waals surface area contributed by atoms with E-state index in [9.17, 15) is 0 Å². The van der Waals surface area contributed by atoms with Gasteiger partial charge in [-0.15, -0.1) is 0 Å². The molecule has 0 saturated carbocycles. The molecule has 0 unspecified atom stereocenters. The van der Waals surface area contributed by atoms with Crippen molar-refractivity contribution in [1.29, 1.82) is 0 Å². The predicted octanol–water partition coefficient (Wildman–Crippen LogP) is 6.83. The van der Waals surface area contributed by atoms with E-state index in [-0.39, 0.29) is 0 Å². The molecule has 0 aliphatic rings. The summed E-state index contributed by atoms with van der Waals surface area (Å²) >= 11 is 5.63. The second kappa shape index (κ2) is 17.8. The van der Waals surface area contributed by atoms with E-state index >= 15 is 0 Å². The number of rotatable bonds is 13. The van der Waals surface area contributed by atoms with Gasteiger partial charge in [-0.2, -0.15) is 0 Å². The van der Waals surface area contributed by atoms with Gasteiger partial charge < -0.3 is 9.79 Å². The summed E-state index contributed by atoms with van der Waals surface area (Å²) in [7, 11) is 0. The molecule has 0 fully saturated rings. The fourth-order valence-corrected chi connectivity index (χ4v) is 12.0. The molecule has 6 heteroatoms. The van der Waals surface area contributed by atoms with Crippen LogP contribution in [0.5, 0.6) is 0 Å². The van der Waals surface area contributed by atoms with Crippen molar-refractivity contribution in [2.75, 3.05) is 0 Å². The van der Waals surface area contributed by atoms with Crippen LogP contribution in [0.3, 0.4) is 0 Å². The van der Waals surface area contributed by atoms with Crippen LogP contribution in [0, 0.1) is 0 Å². The molecule has 0 heterocycles. The van der Waals surface area contributed by atoms with Crippen molar-refractivity contribution in [2.45, 2.75) is 88.1 Å². The number of thiol groups is 1. The summed E-state index contributed by atoms with van der Waals surface area (Å²) in [5.74, 6) is 0. The molecule has 0 aliphatic heterocycles. The molecule has 0 aliphatic carbocycles. The number of benzene rings is 1. The minimum Gasteiger partial charge on any atom is -0.338 e. The van der Waals surface area contributed by atoms with Crippen LogP contribution in [-0.2, 0) is 27.8 Å². The Morgan fingerprint density at radius 1 is 0.808 bits per heavy atom. The van der Waals surface area contributed by atoms with Gasteiger partial charge in [0.15, 0.2) is 0 Å². The molecule has 0 saturated heterocycles. The van der Waals surface area contributed by atoms with E-state index in [1.165, 1.54) is 64.2 Å². The summed E-state index contributed by atoms with van der Waals surface area (Å²) < 4.78 is 1.78. The van der Waals surface area contributed by atoms with Crippen LogP contribution < -0.4 is 4.16 Å². The van der Waals surface area contributed by atoms with Crippen LogP contribution in [0.15, 0.2) is 30.3 Å². The third-order valence-electron chi connectivity index (χ3n) is 4.98. The molecular formula is C20H38O2PS2Zn. The SMILES string of the molecule is CCCCCC[CH2][Zn]([CH2]CCCCCC)[c]1ccccc1.OP(O)(=S)S. The molecule has 26 heavy (non-hydrogen) atoms. The third kappa shape index (κ3) is 19.5. The van der Waals surface area contributed by atoms with Crippen LogP contribution in [-0.4, -0.2) is 9.79 Å². The van der Waals surface area contributed by atoms with Crippen molar-refractivity contribution in [3.63, 3.8) is 0 Å².